The number of allylic oxidation sites excluding steroid dienone is 2. The SMILES string of the molecule is CC(C)(C)N1C2=C(CCCC2)SCc2ccccc21. The smallest absolute Gasteiger partial charge is 0.0454 e. The summed E-state index contributed by atoms with van der Waals surface area (Å²) in [7, 11) is 0. The maximum absolute atomic E-state index is 2.61. The second-order valence-corrected chi connectivity index (χ2v) is 7.57. The van der Waals surface area contributed by atoms with Crippen LogP contribution in [0.25, 0.3) is 0 Å². The third-order valence-electron chi connectivity index (χ3n) is 3.96. The second-order valence-electron chi connectivity index (χ2n) is 6.50. The summed E-state index contributed by atoms with van der Waals surface area (Å²) in [6.45, 7) is 7.00. The average molecular weight is 273 g/mol. The van der Waals surface area contributed by atoms with Crippen molar-refractivity contribution < 1.29 is 0 Å². The molecule has 0 N–H and O–H groups in total. The molecule has 1 aliphatic heterocycles. The van der Waals surface area contributed by atoms with Crippen LogP contribution in [0.2, 0.25) is 0 Å². The van der Waals surface area contributed by atoms with Gasteiger partial charge in [0, 0.05) is 27.6 Å². The Morgan fingerprint density at radius 2 is 1.79 bits per heavy atom. The Hall–Kier alpha value is -0.890. The Kier molecular flexibility index (Phi) is 3.38. The maximum Gasteiger partial charge on any atom is 0.0454 e. The predicted octanol–water partition coefficient (Wildman–Crippen LogP) is 5.32. The van der Waals surface area contributed by atoms with E-state index < -0.39 is 0 Å². The first-order chi connectivity index (χ1) is 9.07. The summed E-state index contributed by atoms with van der Waals surface area (Å²) in [6.07, 6.45) is 5.23. The lowest BCUT2D eigenvalue weighted by Gasteiger charge is -2.41. The monoisotopic (exact) mass is 273 g/mol. The van der Waals surface area contributed by atoms with E-state index in [1.165, 1.54) is 36.9 Å². The van der Waals surface area contributed by atoms with Crippen LogP contribution in [0.15, 0.2) is 34.9 Å². The van der Waals surface area contributed by atoms with E-state index in [2.05, 4.69) is 61.7 Å². The largest absolute Gasteiger partial charge is 0.339 e. The lowest BCUT2D eigenvalue weighted by Crippen LogP contribution is -2.41. The van der Waals surface area contributed by atoms with Gasteiger partial charge in [0.05, 0.1) is 0 Å². The van der Waals surface area contributed by atoms with Gasteiger partial charge in [0.25, 0.3) is 0 Å². The Labute approximate surface area is 121 Å². The molecular formula is C17H23NS. The van der Waals surface area contributed by atoms with Gasteiger partial charge in [-0.3, -0.25) is 0 Å². The topological polar surface area (TPSA) is 3.24 Å². The summed E-state index contributed by atoms with van der Waals surface area (Å²) >= 11 is 2.07. The third kappa shape index (κ3) is 2.43. The molecule has 0 unspecified atom stereocenters. The highest BCUT2D eigenvalue weighted by Gasteiger charge is 2.31. The zero-order valence-electron chi connectivity index (χ0n) is 12.2. The average Bonchev–Trinajstić information content (AvgIpc) is 2.54. The Balaban J connectivity index is 2.15. The van der Waals surface area contributed by atoms with Gasteiger partial charge in [-0.2, -0.15) is 0 Å². The molecule has 2 aliphatic rings. The quantitative estimate of drug-likeness (QED) is 0.629. The molecule has 0 saturated carbocycles. The predicted molar refractivity (Wildman–Crippen MR) is 85.5 cm³/mol. The zero-order valence-corrected chi connectivity index (χ0v) is 13.0. The van der Waals surface area contributed by atoms with Crippen LogP contribution < -0.4 is 4.90 Å². The normalized spacial score (nSPS) is 19.8. The molecule has 1 nitrogen and oxygen atoms in total. The molecule has 0 fully saturated rings. The summed E-state index contributed by atoms with van der Waals surface area (Å²) in [6, 6.07) is 8.94. The molecule has 0 amide bonds. The number of fused-ring (bicyclic) bond motifs is 1. The van der Waals surface area contributed by atoms with Gasteiger partial charge < -0.3 is 4.90 Å². The van der Waals surface area contributed by atoms with Crippen LogP contribution in [0.5, 0.6) is 0 Å². The summed E-state index contributed by atoms with van der Waals surface area (Å²) < 4.78 is 0. The van der Waals surface area contributed by atoms with Crippen LogP contribution in [-0.4, -0.2) is 5.54 Å². The van der Waals surface area contributed by atoms with Gasteiger partial charge in [0.2, 0.25) is 0 Å². The first-order valence-electron chi connectivity index (χ1n) is 7.30. The summed E-state index contributed by atoms with van der Waals surface area (Å²) in [4.78, 5) is 4.24. The Morgan fingerprint density at radius 1 is 1.05 bits per heavy atom. The van der Waals surface area contributed by atoms with E-state index in [0.717, 1.165) is 5.75 Å². The molecule has 1 aliphatic carbocycles. The fraction of sp³-hybridized carbons (Fsp3) is 0.529. The van der Waals surface area contributed by atoms with Crippen molar-refractivity contribution >= 4 is 17.4 Å². The molecule has 3 rings (SSSR count). The highest BCUT2D eigenvalue weighted by atomic mass is 32.2. The lowest BCUT2D eigenvalue weighted by molar-refractivity contribution is 0.515. The number of rotatable bonds is 0. The van der Waals surface area contributed by atoms with Gasteiger partial charge in [-0.25, -0.2) is 0 Å². The minimum atomic E-state index is 0.152. The standard InChI is InChI=1S/C17H23NS/c1-17(2,3)18-14-9-5-4-8-13(14)12-19-16-11-7-6-10-15(16)18/h4-5,8-9H,6-7,10-12H2,1-3H3. The molecule has 1 aromatic rings. The van der Waals surface area contributed by atoms with E-state index >= 15 is 0 Å². The van der Waals surface area contributed by atoms with Gasteiger partial charge in [0.1, 0.15) is 0 Å². The number of hydrogen-bond donors (Lipinski definition) is 0. The van der Waals surface area contributed by atoms with E-state index in [9.17, 15) is 0 Å². The van der Waals surface area contributed by atoms with Crippen molar-refractivity contribution in [3.05, 3.63) is 40.4 Å². The number of benzene rings is 1. The van der Waals surface area contributed by atoms with Crippen molar-refractivity contribution in [1.29, 1.82) is 0 Å². The number of anilines is 1. The van der Waals surface area contributed by atoms with E-state index in [1.807, 2.05) is 0 Å². The van der Waals surface area contributed by atoms with Crippen LogP contribution in [0, 0.1) is 0 Å². The first kappa shape index (κ1) is 13.1. The molecule has 0 aromatic heterocycles. The molecule has 19 heavy (non-hydrogen) atoms. The van der Waals surface area contributed by atoms with Gasteiger partial charge in [0.15, 0.2) is 0 Å². The van der Waals surface area contributed by atoms with Crippen LogP contribution in [0.3, 0.4) is 0 Å². The molecule has 0 spiro atoms. The molecule has 0 radical (unpaired) electrons. The van der Waals surface area contributed by atoms with Crippen LogP contribution in [-0.2, 0) is 5.75 Å². The minimum Gasteiger partial charge on any atom is -0.339 e. The van der Waals surface area contributed by atoms with E-state index in [1.54, 1.807) is 10.6 Å². The summed E-state index contributed by atoms with van der Waals surface area (Å²) in [5, 5.41) is 0. The van der Waals surface area contributed by atoms with Crippen molar-refractivity contribution in [2.45, 2.75) is 57.7 Å². The molecule has 1 aromatic carbocycles. The number of hydrogen-bond acceptors (Lipinski definition) is 2. The van der Waals surface area contributed by atoms with Gasteiger partial charge in [-0.15, -0.1) is 11.8 Å². The van der Waals surface area contributed by atoms with Crippen molar-refractivity contribution in [2.24, 2.45) is 0 Å². The fourth-order valence-electron chi connectivity index (χ4n) is 3.18. The Morgan fingerprint density at radius 3 is 2.58 bits per heavy atom. The zero-order chi connectivity index (χ0) is 13.5. The number of nitrogens with zero attached hydrogens (tertiary/aromatic N) is 1. The van der Waals surface area contributed by atoms with Gasteiger partial charge >= 0.3 is 0 Å². The summed E-state index contributed by atoms with van der Waals surface area (Å²) in [5.41, 5.74) is 4.65. The number of thioether (sulfide) groups is 1. The molecule has 102 valence electrons. The molecule has 2 heteroatoms. The third-order valence-corrected chi connectivity index (χ3v) is 5.21. The fourth-order valence-corrected chi connectivity index (χ4v) is 4.40. The number of para-hydroxylation sites is 1. The van der Waals surface area contributed by atoms with E-state index in [0.29, 0.717) is 0 Å². The first-order valence-corrected chi connectivity index (χ1v) is 8.29. The summed E-state index contributed by atoms with van der Waals surface area (Å²) in [5.74, 6) is 1.13. The molecule has 0 bridgehead atoms. The van der Waals surface area contributed by atoms with Gasteiger partial charge in [-0.1, -0.05) is 18.2 Å². The minimum absolute atomic E-state index is 0.152. The molecule has 0 atom stereocenters. The van der Waals surface area contributed by atoms with Crippen molar-refractivity contribution in [3.8, 4) is 0 Å². The molecular weight excluding hydrogens is 250 g/mol. The van der Waals surface area contributed by atoms with E-state index in [4.69, 9.17) is 0 Å². The van der Waals surface area contributed by atoms with Crippen LogP contribution in [0.4, 0.5) is 5.69 Å². The van der Waals surface area contributed by atoms with E-state index in [-0.39, 0.29) is 5.54 Å². The highest BCUT2D eigenvalue weighted by Crippen LogP contribution is 2.45. The second kappa shape index (κ2) is 4.90. The van der Waals surface area contributed by atoms with Gasteiger partial charge in [-0.05, 0) is 58.1 Å². The maximum atomic E-state index is 2.61. The van der Waals surface area contributed by atoms with Crippen LogP contribution in [0.1, 0.15) is 52.0 Å². The van der Waals surface area contributed by atoms with Crippen LogP contribution >= 0.6 is 11.8 Å². The lowest BCUT2D eigenvalue weighted by atomic mass is 9.96. The molecule has 0 saturated heterocycles. The van der Waals surface area contributed by atoms with Crippen molar-refractivity contribution in [2.75, 3.05) is 4.90 Å². The Bertz CT molecular complexity index is 510. The molecule has 1 heterocycles. The van der Waals surface area contributed by atoms with Crippen molar-refractivity contribution in [1.82, 2.24) is 0 Å². The van der Waals surface area contributed by atoms with Crippen molar-refractivity contribution in [3.63, 3.8) is 0 Å². The highest BCUT2D eigenvalue weighted by molar-refractivity contribution is 8.02.